The predicted octanol–water partition coefficient (Wildman–Crippen LogP) is 3.16. The Kier molecular flexibility index (Phi) is 4.31. The van der Waals surface area contributed by atoms with Crippen molar-refractivity contribution in [3.63, 3.8) is 0 Å². The smallest absolute Gasteiger partial charge is 0.0534 e. The zero-order valence-corrected chi connectivity index (χ0v) is 10.9. The molecule has 1 aromatic heterocycles. The maximum atomic E-state index is 3.96. The van der Waals surface area contributed by atoms with Gasteiger partial charge >= 0.3 is 0 Å². The van der Waals surface area contributed by atoms with Crippen molar-refractivity contribution in [1.82, 2.24) is 15.5 Å². The fourth-order valence-electron chi connectivity index (χ4n) is 1.81. The van der Waals surface area contributed by atoms with Crippen molar-refractivity contribution in [3.8, 4) is 0 Å². The normalized spacial score (nSPS) is 13.6. The van der Waals surface area contributed by atoms with E-state index in [4.69, 9.17) is 0 Å². The monoisotopic (exact) mass is 241 g/mol. The highest BCUT2D eigenvalue weighted by molar-refractivity contribution is 5.52. The molecule has 0 saturated heterocycles. The molecule has 2 N–H and O–H groups in total. The fourth-order valence-corrected chi connectivity index (χ4v) is 1.81. The fraction of sp³-hybridized carbons (Fsp3) is 0.267. The van der Waals surface area contributed by atoms with Crippen molar-refractivity contribution in [2.45, 2.75) is 19.9 Å². The van der Waals surface area contributed by atoms with Crippen molar-refractivity contribution in [2.75, 3.05) is 6.54 Å². The summed E-state index contributed by atoms with van der Waals surface area (Å²) in [6.07, 6.45) is 5.98. The summed E-state index contributed by atoms with van der Waals surface area (Å²) in [5.74, 6) is 0. The van der Waals surface area contributed by atoms with E-state index in [1.165, 1.54) is 16.7 Å². The van der Waals surface area contributed by atoms with Crippen molar-refractivity contribution in [2.24, 2.45) is 0 Å². The lowest BCUT2D eigenvalue weighted by Crippen LogP contribution is -2.20. The lowest BCUT2D eigenvalue weighted by atomic mass is 10.1. The Hall–Kier alpha value is -1.87. The number of hydrogen-bond donors (Lipinski definition) is 2. The van der Waals surface area contributed by atoms with Crippen LogP contribution in [0.5, 0.6) is 0 Å². The minimum Gasteiger partial charge on any atom is -0.306 e. The molecule has 2 rings (SSSR count). The van der Waals surface area contributed by atoms with E-state index in [1.54, 1.807) is 0 Å². The Bertz CT molecular complexity index is 486. The first kappa shape index (κ1) is 12.6. The highest BCUT2D eigenvalue weighted by Gasteiger charge is 2.04. The number of nitrogens with zero attached hydrogens (tertiary/aromatic N) is 1. The van der Waals surface area contributed by atoms with Gasteiger partial charge in [0.05, 0.1) is 6.20 Å². The number of hydrogen-bond acceptors (Lipinski definition) is 2. The summed E-state index contributed by atoms with van der Waals surface area (Å²) < 4.78 is 0. The molecule has 0 spiro atoms. The molecule has 94 valence electrons. The van der Waals surface area contributed by atoms with Crippen LogP contribution in [0.2, 0.25) is 0 Å². The van der Waals surface area contributed by atoms with Gasteiger partial charge in [-0.2, -0.15) is 5.10 Å². The molecule has 0 fully saturated rings. The Balaban J connectivity index is 1.89. The van der Waals surface area contributed by atoms with Gasteiger partial charge in [0.25, 0.3) is 0 Å². The lowest BCUT2D eigenvalue weighted by Gasteiger charge is -2.12. The maximum absolute atomic E-state index is 3.96. The van der Waals surface area contributed by atoms with E-state index >= 15 is 0 Å². The second-order valence-corrected chi connectivity index (χ2v) is 4.54. The maximum Gasteiger partial charge on any atom is 0.0534 e. The van der Waals surface area contributed by atoms with Gasteiger partial charge < -0.3 is 5.32 Å². The van der Waals surface area contributed by atoms with Gasteiger partial charge in [-0.25, -0.2) is 0 Å². The average molecular weight is 241 g/mol. The van der Waals surface area contributed by atoms with E-state index in [0.29, 0.717) is 6.04 Å². The van der Waals surface area contributed by atoms with Crippen molar-refractivity contribution >= 4 is 6.08 Å². The van der Waals surface area contributed by atoms with Crippen molar-refractivity contribution < 1.29 is 0 Å². The predicted molar refractivity (Wildman–Crippen MR) is 75.1 cm³/mol. The summed E-state index contributed by atoms with van der Waals surface area (Å²) in [6.45, 7) is 5.16. The van der Waals surface area contributed by atoms with Crippen molar-refractivity contribution in [1.29, 1.82) is 0 Å². The minimum absolute atomic E-state index is 0.308. The third-order valence-electron chi connectivity index (χ3n) is 2.92. The van der Waals surface area contributed by atoms with E-state index < -0.39 is 0 Å². The molecule has 0 aliphatic rings. The third-order valence-corrected chi connectivity index (χ3v) is 2.92. The Morgan fingerprint density at radius 3 is 2.83 bits per heavy atom. The Morgan fingerprint density at radius 2 is 2.17 bits per heavy atom. The van der Waals surface area contributed by atoms with E-state index in [0.717, 1.165) is 6.54 Å². The van der Waals surface area contributed by atoms with Crippen LogP contribution in [0.3, 0.4) is 0 Å². The van der Waals surface area contributed by atoms with Crippen LogP contribution >= 0.6 is 0 Å². The van der Waals surface area contributed by atoms with Crippen LogP contribution in [-0.2, 0) is 0 Å². The molecule has 1 aromatic carbocycles. The molecule has 3 nitrogen and oxygen atoms in total. The highest BCUT2D eigenvalue weighted by Crippen LogP contribution is 2.10. The largest absolute Gasteiger partial charge is 0.306 e. The van der Waals surface area contributed by atoms with Crippen LogP contribution in [-0.4, -0.2) is 16.7 Å². The molecule has 0 saturated carbocycles. The molecule has 0 bridgehead atoms. The topological polar surface area (TPSA) is 40.7 Å². The standard InChI is InChI=1S/C15H19N3/c1-12(8-14-6-4-3-5-7-14)9-16-13(2)15-10-17-18-11-15/h3-8,10-11,13,16H,9H2,1-2H3,(H,17,18)/b12-8+. The minimum atomic E-state index is 0.308. The third kappa shape index (κ3) is 3.57. The number of H-pyrrole nitrogens is 1. The summed E-state index contributed by atoms with van der Waals surface area (Å²) >= 11 is 0. The van der Waals surface area contributed by atoms with E-state index in [1.807, 2.05) is 18.5 Å². The molecule has 18 heavy (non-hydrogen) atoms. The Morgan fingerprint density at radius 1 is 1.39 bits per heavy atom. The van der Waals surface area contributed by atoms with Crippen molar-refractivity contribution in [3.05, 3.63) is 59.4 Å². The first-order chi connectivity index (χ1) is 8.75. The van der Waals surface area contributed by atoms with Crippen LogP contribution in [0.4, 0.5) is 0 Å². The summed E-state index contributed by atoms with van der Waals surface area (Å²) in [6, 6.07) is 10.7. The van der Waals surface area contributed by atoms with Gasteiger partial charge in [0.15, 0.2) is 0 Å². The molecule has 1 heterocycles. The van der Waals surface area contributed by atoms with Gasteiger partial charge in [0, 0.05) is 24.3 Å². The number of benzene rings is 1. The van der Waals surface area contributed by atoms with Crippen LogP contribution in [0.1, 0.15) is 31.0 Å². The number of aromatic nitrogens is 2. The molecule has 0 radical (unpaired) electrons. The van der Waals surface area contributed by atoms with E-state index in [-0.39, 0.29) is 0 Å². The highest BCUT2D eigenvalue weighted by atomic mass is 15.1. The van der Waals surface area contributed by atoms with Gasteiger partial charge in [-0.05, 0) is 19.4 Å². The quantitative estimate of drug-likeness (QED) is 0.844. The van der Waals surface area contributed by atoms with E-state index in [9.17, 15) is 0 Å². The lowest BCUT2D eigenvalue weighted by molar-refractivity contribution is 0.608. The van der Waals surface area contributed by atoms with Gasteiger partial charge in [-0.15, -0.1) is 0 Å². The molecule has 1 atom stereocenters. The summed E-state index contributed by atoms with van der Waals surface area (Å²) in [5.41, 5.74) is 3.74. The number of nitrogens with one attached hydrogen (secondary N) is 2. The Labute approximate surface area is 108 Å². The van der Waals surface area contributed by atoms with Crippen LogP contribution in [0, 0.1) is 0 Å². The first-order valence-corrected chi connectivity index (χ1v) is 6.20. The number of rotatable bonds is 5. The summed E-state index contributed by atoms with van der Waals surface area (Å²) in [5, 5.41) is 10.3. The SMILES string of the molecule is C/C(=C\c1ccccc1)CNC(C)c1cn[nH]c1. The second-order valence-electron chi connectivity index (χ2n) is 4.54. The first-order valence-electron chi connectivity index (χ1n) is 6.20. The van der Waals surface area contributed by atoms with Gasteiger partial charge in [0.2, 0.25) is 0 Å². The summed E-state index contributed by atoms with van der Waals surface area (Å²) in [7, 11) is 0. The molecule has 3 heteroatoms. The molecular formula is C15H19N3. The van der Waals surface area contributed by atoms with Gasteiger partial charge in [-0.1, -0.05) is 42.0 Å². The zero-order valence-electron chi connectivity index (χ0n) is 10.9. The summed E-state index contributed by atoms with van der Waals surface area (Å²) in [4.78, 5) is 0. The molecular weight excluding hydrogens is 222 g/mol. The average Bonchev–Trinajstić information content (AvgIpc) is 2.91. The van der Waals surface area contributed by atoms with E-state index in [2.05, 4.69) is 59.7 Å². The van der Waals surface area contributed by atoms with Crippen LogP contribution in [0.25, 0.3) is 6.08 Å². The zero-order chi connectivity index (χ0) is 12.8. The van der Waals surface area contributed by atoms with Gasteiger partial charge in [-0.3, -0.25) is 5.10 Å². The molecule has 1 unspecified atom stereocenters. The van der Waals surface area contributed by atoms with Gasteiger partial charge in [0.1, 0.15) is 0 Å². The number of aromatic amines is 1. The molecule has 0 aliphatic heterocycles. The molecule has 0 aliphatic carbocycles. The molecule has 0 amide bonds. The second kappa shape index (κ2) is 6.17. The van der Waals surface area contributed by atoms with Crippen LogP contribution in [0.15, 0.2) is 48.3 Å². The molecule has 2 aromatic rings. The van der Waals surface area contributed by atoms with Crippen LogP contribution < -0.4 is 5.32 Å².